The smallest absolute Gasteiger partial charge is 0.387 e. The molecule has 0 saturated heterocycles. The summed E-state index contributed by atoms with van der Waals surface area (Å²) in [6.07, 6.45) is -17.4. The maximum absolute atomic E-state index is 11.3. The van der Waals surface area contributed by atoms with Crippen molar-refractivity contribution in [3.05, 3.63) is 0 Å². The van der Waals surface area contributed by atoms with Gasteiger partial charge in [0.25, 0.3) is 0 Å². The third kappa shape index (κ3) is 10.8. The van der Waals surface area contributed by atoms with Crippen LogP contribution in [0, 0.1) is 0 Å². The molecule has 32 heavy (non-hydrogen) atoms. The van der Waals surface area contributed by atoms with Crippen molar-refractivity contribution in [2.75, 3.05) is 0 Å². The van der Waals surface area contributed by atoms with Crippen LogP contribution in [0.1, 0.15) is 0 Å². The molecule has 0 unspecified atom stereocenters. The standard InChI is InChI=1S/C6H17O21P5/c7-1-2(23-28(8,9)10)4(25-30(14,15)16)6(27-32(20,21)22)5(26-31(17,18)19)3(1)24-29(11,12)13/h1-7H,(H2,8,9,10)(H2,11,12,13)(H2,14,15,16)(H2,17,18,19)(H2,20,21,22)/t1?,2-,3-,4+,5+,6?/m0/s1. The predicted molar refractivity (Wildman–Crippen MR) is 90.6 cm³/mol. The van der Waals surface area contributed by atoms with Gasteiger partial charge in [-0.15, -0.1) is 0 Å². The lowest BCUT2D eigenvalue weighted by Gasteiger charge is -2.47. The Hall–Kier alpha value is 0.510. The van der Waals surface area contributed by atoms with Crippen LogP contribution < -0.4 is 0 Å². The van der Waals surface area contributed by atoms with E-state index in [0.717, 1.165) is 0 Å². The molecule has 26 heteroatoms. The van der Waals surface area contributed by atoms with Crippen molar-refractivity contribution in [3.8, 4) is 0 Å². The van der Waals surface area contributed by atoms with Crippen molar-refractivity contribution in [3.63, 3.8) is 0 Å². The molecular weight excluding hydrogens is 563 g/mol. The fourth-order valence-electron chi connectivity index (χ4n) is 2.53. The van der Waals surface area contributed by atoms with Crippen LogP contribution in [0.25, 0.3) is 0 Å². The highest BCUT2D eigenvalue weighted by molar-refractivity contribution is 7.47. The van der Waals surface area contributed by atoms with Crippen LogP contribution in [-0.4, -0.2) is 90.7 Å². The number of aliphatic hydroxyl groups excluding tert-OH is 1. The lowest BCUT2D eigenvalue weighted by atomic mass is 9.85. The Morgan fingerprint density at radius 2 is 0.531 bits per heavy atom. The van der Waals surface area contributed by atoms with Gasteiger partial charge >= 0.3 is 39.1 Å². The van der Waals surface area contributed by atoms with Crippen LogP contribution in [0.15, 0.2) is 0 Å². The molecule has 0 aromatic rings. The van der Waals surface area contributed by atoms with Gasteiger partial charge in [-0.3, -0.25) is 22.6 Å². The van der Waals surface area contributed by atoms with E-state index < -0.39 is 75.7 Å². The van der Waals surface area contributed by atoms with Crippen LogP contribution in [0.5, 0.6) is 0 Å². The second-order valence-corrected chi connectivity index (χ2v) is 11.8. The topological polar surface area (TPSA) is 354 Å². The Balaban J connectivity index is 3.77. The fraction of sp³-hybridized carbons (Fsp3) is 1.00. The number of hydrogen-bond acceptors (Lipinski definition) is 11. The third-order valence-corrected chi connectivity index (χ3v) is 5.85. The van der Waals surface area contributed by atoms with Gasteiger partial charge in [0.2, 0.25) is 0 Å². The number of rotatable bonds is 10. The van der Waals surface area contributed by atoms with Gasteiger partial charge in [-0.1, -0.05) is 0 Å². The summed E-state index contributed by atoms with van der Waals surface area (Å²) in [5, 5.41) is 10.3. The largest absolute Gasteiger partial charge is 0.470 e. The molecule has 0 bridgehead atoms. The molecule has 1 saturated carbocycles. The summed E-state index contributed by atoms with van der Waals surface area (Å²) in [5.74, 6) is 0. The molecule has 0 aromatic heterocycles. The van der Waals surface area contributed by atoms with E-state index in [9.17, 15) is 27.9 Å². The molecule has 1 aliphatic rings. The number of aliphatic hydroxyl groups is 1. The molecule has 192 valence electrons. The molecule has 21 nitrogen and oxygen atoms in total. The van der Waals surface area contributed by atoms with E-state index >= 15 is 0 Å². The molecule has 0 aliphatic heterocycles. The Labute approximate surface area is 176 Å². The average Bonchev–Trinajstić information content (AvgIpc) is 2.45. The minimum Gasteiger partial charge on any atom is -0.387 e. The van der Waals surface area contributed by atoms with Crippen molar-refractivity contribution >= 4 is 39.1 Å². The van der Waals surface area contributed by atoms with Crippen LogP contribution in [0.2, 0.25) is 0 Å². The van der Waals surface area contributed by atoms with Gasteiger partial charge < -0.3 is 54.0 Å². The van der Waals surface area contributed by atoms with Gasteiger partial charge in [0.15, 0.2) is 0 Å². The summed E-state index contributed by atoms with van der Waals surface area (Å²) in [7, 11) is -29.1. The molecule has 0 heterocycles. The van der Waals surface area contributed by atoms with Gasteiger partial charge in [0.1, 0.15) is 36.6 Å². The van der Waals surface area contributed by atoms with E-state index in [1.807, 2.05) is 0 Å². The summed E-state index contributed by atoms with van der Waals surface area (Å²) in [4.78, 5) is 90.1. The maximum Gasteiger partial charge on any atom is 0.470 e. The SMILES string of the molecule is O=P(O)(O)OC1[C@H](OP(=O)(O)O)[C@@H](OP(=O)(O)O)C(O)[C@H](OP(=O)(O)O)[C@H]1OP(=O)(O)O. The van der Waals surface area contributed by atoms with Gasteiger partial charge in [0, 0.05) is 0 Å². The molecule has 0 amide bonds. The highest BCUT2D eigenvalue weighted by atomic mass is 31.2. The third-order valence-electron chi connectivity index (χ3n) is 3.26. The number of phosphoric ester groups is 5. The van der Waals surface area contributed by atoms with Crippen LogP contribution >= 0.6 is 39.1 Å². The highest BCUT2D eigenvalue weighted by Crippen LogP contribution is 2.54. The Bertz CT molecular complexity index is 824. The van der Waals surface area contributed by atoms with E-state index in [-0.39, 0.29) is 0 Å². The Kier molecular flexibility index (Phi) is 9.78. The predicted octanol–water partition coefficient (Wildman–Crippen LogP) is -3.25. The van der Waals surface area contributed by atoms with Crippen molar-refractivity contribution in [2.24, 2.45) is 0 Å². The first-order chi connectivity index (χ1) is 13.9. The van der Waals surface area contributed by atoms with Gasteiger partial charge in [-0.2, -0.15) is 0 Å². The first-order valence-electron chi connectivity index (χ1n) is 7.26. The Morgan fingerprint density at radius 1 is 0.375 bits per heavy atom. The Morgan fingerprint density at radius 3 is 0.719 bits per heavy atom. The zero-order valence-corrected chi connectivity index (χ0v) is 19.2. The summed E-state index contributed by atoms with van der Waals surface area (Å²) in [5.41, 5.74) is 0. The quantitative estimate of drug-likeness (QED) is 0.113. The molecule has 0 aromatic carbocycles. The van der Waals surface area contributed by atoms with Gasteiger partial charge in [-0.05, 0) is 0 Å². The van der Waals surface area contributed by atoms with E-state index in [1.165, 1.54) is 0 Å². The summed E-state index contributed by atoms with van der Waals surface area (Å²) in [6.45, 7) is 0. The second kappa shape index (κ2) is 10.2. The van der Waals surface area contributed by atoms with Crippen molar-refractivity contribution < 1.29 is 99.5 Å². The molecule has 4 atom stereocenters. The van der Waals surface area contributed by atoms with E-state index in [1.54, 1.807) is 0 Å². The van der Waals surface area contributed by atoms with Crippen molar-refractivity contribution in [1.29, 1.82) is 0 Å². The van der Waals surface area contributed by atoms with Crippen LogP contribution in [0.3, 0.4) is 0 Å². The molecule has 11 N–H and O–H groups in total. The van der Waals surface area contributed by atoms with E-state index in [0.29, 0.717) is 0 Å². The monoisotopic (exact) mass is 580 g/mol. The molecule has 0 radical (unpaired) electrons. The van der Waals surface area contributed by atoms with E-state index in [2.05, 4.69) is 22.6 Å². The van der Waals surface area contributed by atoms with Crippen molar-refractivity contribution in [1.82, 2.24) is 0 Å². The normalized spacial score (nSPS) is 31.0. The first-order valence-corrected chi connectivity index (χ1v) is 14.9. The average molecular weight is 580 g/mol. The number of hydrogen-bond donors (Lipinski definition) is 11. The second-order valence-electron chi connectivity index (χ2n) is 5.79. The summed E-state index contributed by atoms with van der Waals surface area (Å²) < 4.78 is 76.6. The van der Waals surface area contributed by atoms with E-state index in [4.69, 9.17) is 48.9 Å². The summed E-state index contributed by atoms with van der Waals surface area (Å²) >= 11 is 0. The highest BCUT2D eigenvalue weighted by Gasteiger charge is 2.60. The minimum atomic E-state index is -5.86. The molecule has 0 spiro atoms. The zero-order chi connectivity index (χ0) is 25.5. The first kappa shape index (κ1) is 30.5. The molecule has 1 aliphatic carbocycles. The maximum atomic E-state index is 11.3. The van der Waals surface area contributed by atoms with Gasteiger partial charge in [0.05, 0.1) is 0 Å². The van der Waals surface area contributed by atoms with Gasteiger partial charge in [-0.25, -0.2) is 22.8 Å². The number of phosphoric acid groups is 5. The molecule has 1 rings (SSSR count). The summed E-state index contributed by atoms with van der Waals surface area (Å²) in [6, 6.07) is 0. The lowest BCUT2D eigenvalue weighted by Crippen LogP contribution is -2.66. The fourth-order valence-corrected chi connectivity index (χ4v) is 5.33. The molecule has 1 fully saturated rings. The molecular formula is C6H17O21P5. The zero-order valence-electron chi connectivity index (χ0n) is 14.7. The van der Waals surface area contributed by atoms with Crippen LogP contribution in [0.4, 0.5) is 0 Å². The van der Waals surface area contributed by atoms with Crippen LogP contribution in [-0.2, 0) is 45.4 Å². The lowest BCUT2D eigenvalue weighted by molar-refractivity contribution is -0.205. The minimum absolute atomic E-state index is 2.85. The van der Waals surface area contributed by atoms with Crippen molar-refractivity contribution in [2.45, 2.75) is 36.6 Å².